The minimum absolute atomic E-state index is 0.00548. The average Bonchev–Trinajstić information content (AvgIpc) is 2.91. The van der Waals surface area contributed by atoms with Gasteiger partial charge in [-0.05, 0) is 37.5 Å². The topological polar surface area (TPSA) is 35.5 Å². The maximum absolute atomic E-state index is 12.1. The minimum atomic E-state index is -0.249. The lowest BCUT2D eigenvalue weighted by atomic mass is 9.67. The van der Waals surface area contributed by atoms with Crippen LogP contribution in [0.1, 0.15) is 57.8 Å². The number of ether oxygens (including phenoxy) is 2. The highest BCUT2D eigenvalue weighted by atomic mass is 16.7. The van der Waals surface area contributed by atoms with Crippen molar-refractivity contribution in [3.8, 4) is 0 Å². The van der Waals surface area contributed by atoms with Gasteiger partial charge in [0.15, 0.2) is 0 Å². The van der Waals surface area contributed by atoms with E-state index >= 15 is 0 Å². The third-order valence-corrected chi connectivity index (χ3v) is 5.01. The molecule has 0 spiro atoms. The standard InChI is InChI=1S/C15H24O3/c16-15(18-14-6-3-9-17-14)13-8-7-11-4-1-2-5-12(11)10-13/h11-14H,1-10H2. The van der Waals surface area contributed by atoms with Crippen molar-refractivity contribution in [3.05, 3.63) is 0 Å². The molecule has 3 fully saturated rings. The summed E-state index contributed by atoms with van der Waals surface area (Å²) in [6.45, 7) is 0.743. The van der Waals surface area contributed by atoms with Gasteiger partial charge in [0.05, 0.1) is 12.5 Å². The fourth-order valence-electron chi connectivity index (χ4n) is 3.95. The number of carbonyl (C=O) groups excluding carboxylic acids is 1. The van der Waals surface area contributed by atoms with Crippen LogP contribution in [0.4, 0.5) is 0 Å². The first kappa shape index (κ1) is 12.5. The first-order chi connectivity index (χ1) is 8.83. The maximum Gasteiger partial charge on any atom is 0.311 e. The van der Waals surface area contributed by atoms with E-state index in [9.17, 15) is 4.79 Å². The molecular formula is C15H24O3. The summed E-state index contributed by atoms with van der Waals surface area (Å²) in [6, 6.07) is 0. The summed E-state index contributed by atoms with van der Waals surface area (Å²) < 4.78 is 10.8. The summed E-state index contributed by atoms with van der Waals surface area (Å²) in [4.78, 5) is 12.1. The second kappa shape index (κ2) is 5.60. The first-order valence-corrected chi connectivity index (χ1v) is 7.65. The fourth-order valence-corrected chi connectivity index (χ4v) is 3.95. The summed E-state index contributed by atoms with van der Waals surface area (Å²) in [6.07, 6.45) is 10.5. The Hall–Kier alpha value is -0.570. The molecule has 1 aliphatic heterocycles. The van der Waals surface area contributed by atoms with Crippen LogP contribution in [-0.2, 0) is 14.3 Å². The highest BCUT2D eigenvalue weighted by Crippen LogP contribution is 2.43. The molecule has 4 unspecified atom stereocenters. The van der Waals surface area contributed by atoms with Crippen LogP contribution in [0.2, 0.25) is 0 Å². The smallest absolute Gasteiger partial charge is 0.311 e. The Morgan fingerprint density at radius 3 is 2.56 bits per heavy atom. The Morgan fingerprint density at radius 1 is 0.944 bits per heavy atom. The molecule has 1 heterocycles. The molecule has 1 saturated heterocycles. The van der Waals surface area contributed by atoms with Crippen LogP contribution in [0, 0.1) is 17.8 Å². The predicted molar refractivity (Wildman–Crippen MR) is 67.9 cm³/mol. The number of hydrogen-bond acceptors (Lipinski definition) is 3. The molecule has 3 aliphatic rings. The van der Waals surface area contributed by atoms with Crippen molar-refractivity contribution in [3.63, 3.8) is 0 Å². The zero-order valence-corrected chi connectivity index (χ0v) is 11.1. The van der Waals surface area contributed by atoms with Crippen LogP contribution in [0.25, 0.3) is 0 Å². The highest BCUT2D eigenvalue weighted by Gasteiger charge is 2.36. The predicted octanol–water partition coefficient (Wildman–Crippen LogP) is 3.27. The van der Waals surface area contributed by atoms with Gasteiger partial charge in [0.2, 0.25) is 6.29 Å². The normalized spacial score (nSPS) is 40.2. The molecule has 0 radical (unpaired) electrons. The zero-order chi connectivity index (χ0) is 12.4. The summed E-state index contributed by atoms with van der Waals surface area (Å²) in [5.41, 5.74) is 0. The molecule has 0 aromatic carbocycles. The Morgan fingerprint density at radius 2 is 1.78 bits per heavy atom. The first-order valence-electron chi connectivity index (χ1n) is 7.65. The van der Waals surface area contributed by atoms with Crippen molar-refractivity contribution < 1.29 is 14.3 Å². The van der Waals surface area contributed by atoms with Crippen molar-refractivity contribution in [1.82, 2.24) is 0 Å². The molecule has 0 amide bonds. The molecule has 3 heteroatoms. The maximum atomic E-state index is 12.1. The highest BCUT2D eigenvalue weighted by molar-refractivity contribution is 5.72. The molecule has 4 atom stereocenters. The Balaban J connectivity index is 1.51. The largest absolute Gasteiger partial charge is 0.436 e. The number of esters is 1. The van der Waals surface area contributed by atoms with Crippen LogP contribution < -0.4 is 0 Å². The summed E-state index contributed by atoms with van der Waals surface area (Å²) in [5.74, 6) is 1.83. The van der Waals surface area contributed by atoms with E-state index in [2.05, 4.69) is 0 Å². The van der Waals surface area contributed by atoms with E-state index in [1.165, 1.54) is 32.1 Å². The van der Waals surface area contributed by atoms with E-state index < -0.39 is 0 Å². The lowest BCUT2D eigenvalue weighted by Crippen LogP contribution is -2.33. The van der Waals surface area contributed by atoms with Gasteiger partial charge < -0.3 is 9.47 Å². The average molecular weight is 252 g/mol. The van der Waals surface area contributed by atoms with Crippen LogP contribution in [0.3, 0.4) is 0 Å². The Labute approximate surface area is 109 Å². The van der Waals surface area contributed by atoms with E-state index in [1.54, 1.807) is 0 Å². The van der Waals surface area contributed by atoms with Gasteiger partial charge in [0.25, 0.3) is 0 Å². The van der Waals surface area contributed by atoms with Crippen molar-refractivity contribution in [2.24, 2.45) is 17.8 Å². The monoisotopic (exact) mass is 252 g/mol. The third kappa shape index (κ3) is 2.71. The van der Waals surface area contributed by atoms with Crippen LogP contribution >= 0.6 is 0 Å². The van der Waals surface area contributed by atoms with Crippen LogP contribution in [0.15, 0.2) is 0 Å². The molecule has 3 nitrogen and oxygen atoms in total. The second-order valence-corrected chi connectivity index (χ2v) is 6.19. The molecular weight excluding hydrogens is 228 g/mol. The van der Waals surface area contributed by atoms with Crippen molar-refractivity contribution in [1.29, 1.82) is 0 Å². The Kier molecular flexibility index (Phi) is 3.88. The van der Waals surface area contributed by atoms with E-state index in [4.69, 9.17) is 9.47 Å². The molecule has 0 aromatic rings. The second-order valence-electron chi connectivity index (χ2n) is 6.19. The van der Waals surface area contributed by atoms with E-state index in [-0.39, 0.29) is 18.2 Å². The zero-order valence-electron chi connectivity index (χ0n) is 11.1. The summed E-state index contributed by atoms with van der Waals surface area (Å²) >= 11 is 0. The van der Waals surface area contributed by atoms with Gasteiger partial charge in [-0.25, -0.2) is 0 Å². The number of rotatable bonds is 2. The number of hydrogen-bond donors (Lipinski definition) is 0. The number of fused-ring (bicyclic) bond motifs is 1. The summed E-state index contributed by atoms with van der Waals surface area (Å²) in [5, 5.41) is 0. The number of carbonyl (C=O) groups is 1. The van der Waals surface area contributed by atoms with Gasteiger partial charge in [-0.15, -0.1) is 0 Å². The molecule has 102 valence electrons. The molecule has 0 aromatic heterocycles. The van der Waals surface area contributed by atoms with Gasteiger partial charge in [-0.1, -0.05) is 25.7 Å². The SMILES string of the molecule is O=C(OC1CCCO1)C1CCC2CCCCC2C1. The van der Waals surface area contributed by atoms with Crippen molar-refractivity contribution in [2.45, 2.75) is 64.1 Å². The molecule has 0 bridgehead atoms. The lowest BCUT2D eigenvalue weighted by molar-refractivity contribution is -0.177. The van der Waals surface area contributed by atoms with Crippen molar-refractivity contribution >= 4 is 5.97 Å². The van der Waals surface area contributed by atoms with Crippen LogP contribution in [-0.4, -0.2) is 18.9 Å². The van der Waals surface area contributed by atoms with Crippen LogP contribution in [0.5, 0.6) is 0 Å². The Bertz CT molecular complexity index is 296. The van der Waals surface area contributed by atoms with E-state index in [0.29, 0.717) is 0 Å². The van der Waals surface area contributed by atoms with E-state index in [0.717, 1.165) is 44.1 Å². The molecule has 2 aliphatic carbocycles. The quantitative estimate of drug-likeness (QED) is 0.708. The molecule has 0 N–H and O–H groups in total. The fraction of sp³-hybridized carbons (Fsp3) is 0.933. The third-order valence-electron chi connectivity index (χ3n) is 5.01. The van der Waals surface area contributed by atoms with Gasteiger partial charge in [-0.3, -0.25) is 4.79 Å². The molecule has 18 heavy (non-hydrogen) atoms. The van der Waals surface area contributed by atoms with Gasteiger partial charge >= 0.3 is 5.97 Å². The summed E-state index contributed by atoms with van der Waals surface area (Å²) in [7, 11) is 0. The lowest BCUT2D eigenvalue weighted by Gasteiger charge is -2.38. The minimum Gasteiger partial charge on any atom is -0.436 e. The van der Waals surface area contributed by atoms with E-state index in [1.807, 2.05) is 0 Å². The molecule has 3 rings (SSSR count). The van der Waals surface area contributed by atoms with Crippen molar-refractivity contribution in [2.75, 3.05) is 6.61 Å². The van der Waals surface area contributed by atoms with Gasteiger partial charge in [0.1, 0.15) is 0 Å². The van der Waals surface area contributed by atoms with Gasteiger partial charge in [-0.2, -0.15) is 0 Å². The van der Waals surface area contributed by atoms with Gasteiger partial charge in [0, 0.05) is 6.42 Å². The molecule has 2 saturated carbocycles.